The number of hydrogen-bond acceptors (Lipinski definition) is 3. The van der Waals surface area contributed by atoms with Gasteiger partial charge in [-0.1, -0.05) is 121 Å². The van der Waals surface area contributed by atoms with Crippen molar-refractivity contribution in [3.63, 3.8) is 0 Å². The summed E-state index contributed by atoms with van der Waals surface area (Å²) in [5, 5.41) is 6.93. The second-order valence-corrected chi connectivity index (χ2v) is 11.6. The van der Waals surface area contributed by atoms with Gasteiger partial charge in [0.25, 0.3) is 0 Å². The molecule has 0 atom stereocenters. The van der Waals surface area contributed by atoms with E-state index in [9.17, 15) is 0 Å². The van der Waals surface area contributed by atoms with Gasteiger partial charge in [0.15, 0.2) is 5.58 Å². The summed E-state index contributed by atoms with van der Waals surface area (Å²) in [5.41, 5.74) is 8.33. The largest absolute Gasteiger partial charge is 0.435 e. The Hall–Kier alpha value is -6.19. The van der Waals surface area contributed by atoms with Crippen LogP contribution in [0, 0.1) is 0 Å². The van der Waals surface area contributed by atoms with Gasteiger partial charge < -0.3 is 9.32 Å². The van der Waals surface area contributed by atoms with E-state index >= 15 is 0 Å². The highest BCUT2D eigenvalue weighted by Gasteiger charge is 2.18. The molecular formula is C43H28N2O. The highest BCUT2D eigenvalue weighted by molar-refractivity contribution is 6.23. The lowest BCUT2D eigenvalue weighted by atomic mass is 9.96. The lowest BCUT2D eigenvalue weighted by Gasteiger charge is -2.27. The van der Waals surface area contributed by atoms with Crippen molar-refractivity contribution in [2.45, 2.75) is 0 Å². The molecule has 8 aromatic carbocycles. The second kappa shape index (κ2) is 10.8. The van der Waals surface area contributed by atoms with Crippen molar-refractivity contribution in [2.75, 3.05) is 4.90 Å². The van der Waals surface area contributed by atoms with Gasteiger partial charge in [-0.05, 0) is 75.8 Å². The fourth-order valence-corrected chi connectivity index (χ4v) is 6.67. The molecule has 1 aromatic heterocycles. The minimum atomic E-state index is 0.637. The molecule has 0 N–H and O–H groups in total. The third-order valence-electron chi connectivity index (χ3n) is 8.87. The minimum Gasteiger partial charge on any atom is -0.435 e. The molecule has 0 unspecified atom stereocenters. The van der Waals surface area contributed by atoms with Crippen LogP contribution in [0.4, 0.5) is 17.1 Å². The van der Waals surface area contributed by atoms with Crippen molar-refractivity contribution in [2.24, 2.45) is 0 Å². The van der Waals surface area contributed by atoms with Crippen LogP contribution in [0.25, 0.3) is 66.0 Å². The van der Waals surface area contributed by atoms with Crippen LogP contribution in [0.2, 0.25) is 0 Å². The van der Waals surface area contributed by atoms with Crippen molar-refractivity contribution >= 4 is 60.5 Å². The Morgan fingerprint density at radius 2 is 1.02 bits per heavy atom. The summed E-state index contributed by atoms with van der Waals surface area (Å²) < 4.78 is 6.46. The molecule has 0 aliphatic heterocycles. The predicted octanol–water partition coefficient (Wildman–Crippen LogP) is 12.1. The molecule has 0 saturated heterocycles. The van der Waals surface area contributed by atoms with Crippen molar-refractivity contribution in [1.29, 1.82) is 0 Å². The number of benzene rings is 8. The number of oxazole rings is 1. The number of aromatic nitrogens is 1. The molecular weight excluding hydrogens is 560 g/mol. The van der Waals surface area contributed by atoms with Crippen molar-refractivity contribution in [1.82, 2.24) is 4.98 Å². The Kier molecular flexibility index (Phi) is 6.14. The average Bonchev–Trinajstić information content (AvgIpc) is 3.59. The van der Waals surface area contributed by atoms with Crippen molar-refractivity contribution < 1.29 is 4.42 Å². The molecule has 3 heteroatoms. The van der Waals surface area contributed by atoms with E-state index < -0.39 is 0 Å². The Morgan fingerprint density at radius 3 is 1.83 bits per heavy atom. The molecule has 0 radical (unpaired) electrons. The van der Waals surface area contributed by atoms with Crippen LogP contribution in [0.1, 0.15) is 0 Å². The quantitative estimate of drug-likeness (QED) is 0.187. The molecule has 0 saturated carbocycles. The number of para-hydroxylation sites is 1. The summed E-state index contributed by atoms with van der Waals surface area (Å²) in [6.07, 6.45) is 0. The topological polar surface area (TPSA) is 29.3 Å². The fraction of sp³-hybridized carbons (Fsp3) is 0. The Balaban J connectivity index is 1.18. The summed E-state index contributed by atoms with van der Waals surface area (Å²) in [6, 6.07) is 59.8. The van der Waals surface area contributed by atoms with Gasteiger partial charge in [0, 0.05) is 33.1 Å². The maximum absolute atomic E-state index is 6.46. The summed E-state index contributed by atoms with van der Waals surface area (Å²) in [6.45, 7) is 0. The number of rotatable bonds is 5. The summed E-state index contributed by atoms with van der Waals surface area (Å²) in [5.74, 6) is 0.637. The monoisotopic (exact) mass is 588 g/mol. The van der Waals surface area contributed by atoms with Crippen molar-refractivity contribution in [3.05, 3.63) is 170 Å². The molecule has 1 heterocycles. The van der Waals surface area contributed by atoms with Gasteiger partial charge in [-0.2, -0.15) is 0 Å². The van der Waals surface area contributed by atoms with Crippen LogP contribution in [-0.4, -0.2) is 4.98 Å². The molecule has 9 rings (SSSR count). The highest BCUT2D eigenvalue weighted by atomic mass is 16.3. The van der Waals surface area contributed by atoms with Gasteiger partial charge >= 0.3 is 0 Å². The molecule has 9 aromatic rings. The van der Waals surface area contributed by atoms with Crippen LogP contribution in [0.3, 0.4) is 0 Å². The summed E-state index contributed by atoms with van der Waals surface area (Å²) in [7, 11) is 0. The van der Waals surface area contributed by atoms with Crippen LogP contribution in [0.15, 0.2) is 174 Å². The Morgan fingerprint density at radius 1 is 0.413 bits per heavy atom. The van der Waals surface area contributed by atoms with E-state index in [0.29, 0.717) is 5.89 Å². The van der Waals surface area contributed by atoms with Gasteiger partial charge in [0.2, 0.25) is 5.89 Å². The first kappa shape index (κ1) is 26.2. The lowest BCUT2D eigenvalue weighted by molar-refractivity contribution is 0.623. The van der Waals surface area contributed by atoms with Gasteiger partial charge in [-0.15, -0.1) is 0 Å². The molecule has 46 heavy (non-hydrogen) atoms. The third-order valence-corrected chi connectivity index (χ3v) is 8.87. The van der Waals surface area contributed by atoms with E-state index in [-0.39, 0.29) is 0 Å². The van der Waals surface area contributed by atoms with Gasteiger partial charge in [0.05, 0.1) is 5.69 Å². The third kappa shape index (κ3) is 4.33. The zero-order valence-electron chi connectivity index (χ0n) is 25.0. The zero-order valence-corrected chi connectivity index (χ0v) is 25.0. The van der Waals surface area contributed by atoms with E-state index in [1.165, 1.54) is 16.2 Å². The predicted molar refractivity (Wildman–Crippen MR) is 192 cm³/mol. The fourth-order valence-electron chi connectivity index (χ4n) is 6.67. The molecule has 3 nitrogen and oxygen atoms in total. The molecule has 0 aliphatic carbocycles. The van der Waals surface area contributed by atoms with Gasteiger partial charge in [-0.25, -0.2) is 4.98 Å². The number of fused-ring (bicyclic) bond motifs is 7. The smallest absolute Gasteiger partial charge is 0.227 e. The number of hydrogen-bond donors (Lipinski definition) is 0. The van der Waals surface area contributed by atoms with Crippen LogP contribution < -0.4 is 4.90 Å². The summed E-state index contributed by atoms with van der Waals surface area (Å²) in [4.78, 5) is 7.39. The molecule has 0 amide bonds. The van der Waals surface area contributed by atoms with Crippen molar-refractivity contribution in [3.8, 4) is 22.6 Å². The first-order valence-corrected chi connectivity index (χ1v) is 15.6. The maximum Gasteiger partial charge on any atom is 0.227 e. The van der Waals surface area contributed by atoms with Crippen LogP contribution in [0.5, 0.6) is 0 Å². The van der Waals surface area contributed by atoms with Crippen LogP contribution in [-0.2, 0) is 0 Å². The van der Waals surface area contributed by atoms with E-state index in [1.807, 2.05) is 30.3 Å². The average molecular weight is 589 g/mol. The van der Waals surface area contributed by atoms with Gasteiger partial charge in [0.1, 0.15) is 5.52 Å². The molecule has 216 valence electrons. The SMILES string of the molecule is c1ccc(-c2nc3c4cc(-c5ccc(N(c6ccccc6)c6cccc7ccccc67)cc5)ccc4c4ccccc4c3o2)cc1. The first-order valence-electron chi connectivity index (χ1n) is 15.6. The molecule has 0 fully saturated rings. The highest BCUT2D eigenvalue weighted by Crippen LogP contribution is 2.41. The molecule has 0 spiro atoms. The van der Waals surface area contributed by atoms with E-state index in [1.54, 1.807) is 0 Å². The Bertz CT molecular complexity index is 2510. The molecule has 0 bridgehead atoms. The maximum atomic E-state index is 6.46. The molecule has 0 aliphatic rings. The summed E-state index contributed by atoms with van der Waals surface area (Å²) >= 11 is 0. The Labute approximate surface area is 266 Å². The van der Waals surface area contributed by atoms with E-state index in [2.05, 4.69) is 144 Å². The number of nitrogens with zero attached hydrogens (tertiary/aromatic N) is 2. The lowest BCUT2D eigenvalue weighted by Crippen LogP contribution is -2.10. The standard InChI is InChI=1S/C43H28N2O/c1-3-13-31(14-4-1)43-44-41-39-28-32(24-27-37(39)36-19-9-10-20-38(36)42(41)46-43)29-22-25-34(26-23-29)45(33-16-5-2-6-17-33)40-21-11-15-30-12-7-8-18-35(30)40/h1-28H. The normalized spacial score (nSPS) is 11.5. The van der Waals surface area contributed by atoms with E-state index in [4.69, 9.17) is 9.40 Å². The van der Waals surface area contributed by atoms with Crippen LogP contribution >= 0.6 is 0 Å². The van der Waals surface area contributed by atoms with Gasteiger partial charge in [-0.3, -0.25) is 0 Å². The zero-order chi connectivity index (χ0) is 30.5. The number of anilines is 3. The second-order valence-electron chi connectivity index (χ2n) is 11.6. The van der Waals surface area contributed by atoms with E-state index in [0.717, 1.165) is 61.0 Å². The minimum absolute atomic E-state index is 0.637. The first-order chi connectivity index (χ1) is 22.8.